The minimum Gasteiger partial charge on any atom is -0.307 e. The first-order valence-corrected chi connectivity index (χ1v) is 10.9. The van der Waals surface area contributed by atoms with Crippen molar-refractivity contribution in [1.29, 1.82) is 0 Å². The largest absolute Gasteiger partial charge is 0.333 e. The Hall–Kier alpha value is -3.01. The highest BCUT2D eigenvalue weighted by atomic mass is 32.2. The zero-order valence-electron chi connectivity index (χ0n) is 15.9. The number of carbonyl (C=O) groups excluding carboxylic acids is 2. The van der Waals surface area contributed by atoms with E-state index in [1.54, 1.807) is 0 Å². The Kier molecular flexibility index (Phi) is 4.95. The summed E-state index contributed by atoms with van der Waals surface area (Å²) in [7, 11) is -4.23. The predicted molar refractivity (Wildman–Crippen MR) is 106 cm³/mol. The molecule has 1 aromatic heterocycles. The van der Waals surface area contributed by atoms with Gasteiger partial charge in [0.25, 0.3) is 10.0 Å². The van der Waals surface area contributed by atoms with Crippen LogP contribution in [0.4, 0.5) is 16.4 Å². The number of hydrogen-bond acceptors (Lipinski definition) is 6. The van der Waals surface area contributed by atoms with Gasteiger partial charge in [0, 0.05) is 18.8 Å². The van der Waals surface area contributed by atoms with E-state index in [0.29, 0.717) is 0 Å². The normalized spacial score (nSPS) is 14.8. The summed E-state index contributed by atoms with van der Waals surface area (Å²) in [5.74, 6) is -0.587. The standard InChI is InChI=1S/C19H21N5O4S/c1-11(25)21-18-20-9-8-16(22-18)29(27,28)24-19(26)23-17-14-6-2-4-12(14)10-13-5-3-7-15(13)17/h8-10H,2-7H2,1H3,(H2,23,24,26)(H,20,21,22,25). The van der Waals surface area contributed by atoms with Gasteiger partial charge in [0.05, 0.1) is 0 Å². The third kappa shape index (κ3) is 3.93. The van der Waals surface area contributed by atoms with E-state index < -0.39 is 27.0 Å². The van der Waals surface area contributed by atoms with Crippen LogP contribution in [-0.4, -0.2) is 30.3 Å². The van der Waals surface area contributed by atoms with Gasteiger partial charge in [-0.05, 0) is 66.8 Å². The maximum absolute atomic E-state index is 12.6. The molecule has 0 atom stereocenters. The first kappa shape index (κ1) is 19.3. The minimum atomic E-state index is -4.23. The molecule has 0 saturated carbocycles. The van der Waals surface area contributed by atoms with Crippen LogP contribution in [0.1, 0.15) is 42.0 Å². The molecule has 0 fully saturated rings. The number of aryl methyl sites for hydroxylation is 2. The average molecular weight is 415 g/mol. The summed E-state index contributed by atoms with van der Waals surface area (Å²) in [5.41, 5.74) is 5.43. The molecule has 152 valence electrons. The molecule has 2 aromatic rings. The molecule has 2 aliphatic rings. The van der Waals surface area contributed by atoms with Crippen LogP contribution >= 0.6 is 0 Å². The predicted octanol–water partition coefficient (Wildman–Crippen LogP) is 1.92. The van der Waals surface area contributed by atoms with Gasteiger partial charge >= 0.3 is 6.03 Å². The van der Waals surface area contributed by atoms with Crippen molar-refractivity contribution in [2.75, 3.05) is 10.6 Å². The molecule has 9 nitrogen and oxygen atoms in total. The highest BCUT2D eigenvalue weighted by molar-refractivity contribution is 7.90. The van der Waals surface area contributed by atoms with Crippen LogP contribution in [0.15, 0.2) is 23.4 Å². The molecular weight excluding hydrogens is 394 g/mol. The third-order valence-corrected chi connectivity index (χ3v) is 6.36. The van der Waals surface area contributed by atoms with E-state index >= 15 is 0 Å². The van der Waals surface area contributed by atoms with E-state index in [-0.39, 0.29) is 5.95 Å². The van der Waals surface area contributed by atoms with Crippen LogP contribution in [0.3, 0.4) is 0 Å². The van der Waals surface area contributed by atoms with Crippen molar-refractivity contribution in [1.82, 2.24) is 14.7 Å². The number of fused-ring (bicyclic) bond motifs is 2. The number of amides is 3. The lowest BCUT2D eigenvalue weighted by molar-refractivity contribution is -0.114. The van der Waals surface area contributed by atoms with Crippen molar-refractivity contribution in [3.8, 4) is 0 Å². The van der Waals surface area contributed by atoms with E-state index in [9.17, 15) is 18.0 Å². The number of benzene rings is 1. The zero-order chi connectivity index (χ0) is 20.6. The Morgan fingerprint density at radius 1 is 1.00 bits per heavy atom. The number of nitrogens with one attached hydrogen (secondary N) is 3. The summed E-state index contributed by atoms with van der Waals surface area (Å²) in [5, 5.41) is 4.68. The van der Waals surface area contributed by atoms with Gasteiger partial charge in [-0.2, -0.15) is 13.4 Å². The fraction of sp³-hybridized carbons (Fsp3) is 0.368. The van der Waals surface area contributed by atoms with Crippen LogP contribution < -0.4 is 15.4 Å². The van der Waals surface area contributed by atoms with Crippen LogP contribution in [0.5, 0.6) is 0 Å². The molecule has 0 saturated heterocycles. The van der Waals surface area contributed by atoms with E-state index in [4.69, 9.17) is 0 Å². The van der Waals surface area contributed by atoms with Crippen LogP contribution in [0, 0.1) is 0 Å². The lowest BCUT2D eigenvalue weighted by Gasteiger charge is -2.16. The van der Waals surface area contributed by atoms with Gasteiger partial charge in [-0.1, -0.05) is 6.07 Å². The number of nitrogens with zero attached hydrogens (tertiary/aromatic N) is 2. The molecule has 0 spiro atoms. The molecule has 2 aliphatic carbocycles. The lowest BCUT2D eigenvalue weighted by atomic mass is 9.99. The number of anilines is 2. The van der Waals surface area contributed by atoms with Crippen molar-refractivity contribution < 1.29 is 18.0 Å². The van der Waals surface area contributed by atoms with E-state index in [2.05, 4.69) is 26.7 Å². The summed E-state index contributed by atoms with van der Waals surface area (Å²) in [4.78, 5) is 31.2. The van der Waals surface area contributed by atoms with Crippen LogP contribution in [0.2, 0.25) is 0 Å². The number of carbonyl (C=O) groups is 2. The summed E-state index contributed by atoms with van der Waals surface area (Å²) >= 11 is 0. The summed E-state index contributed by atoms with van der Waals surface area (Å²) in [6.45, 7) is 1.26. The average Bonchev–Trinajstić information content (AvgIpc) is 3.29. The monoisotopic (exact) mass is 415 g/mol. The van der Waals surface area contributed by atoms with E-state index in [1.807, 2.05) is 4.72 Å². The molecule has 0 unspecified atom stereocenters. The molecule has 4 rings (SSSR count). The highest BCUT2D eigenvalue weighted by Gasteiger charge is 2.26. The maximum Gasteiger partial charge on any atom is 0.333 e. The number of urea groups is 1. The Labute approximate surface area is 168 Å². The fourth-order valence-corrected chi connectivity index (χ4v) is 4.84. The summed E-state index contributed by atoms with van der Waals surface area (Å²) < 4.78 is 27.1. The molecule has 0 bridgehead atoms. The second-order valence-electron chi connectivity index (χ2n) is 7.19. The molecule has 1 heterocycles. The van der Waals surface area contributed by atoms with Crippen molar-refractivity contribution in [3.63, 3.8) is 0 Å². The number of rotatable bonds is 4. The van der Waals surface area contributed by atoms with Gasteiger partial charge in [-0.25, -0.2) is 14.5 Å². The SMILES string of the molecule is CC(=O)Nc1nccc(S(=O)(=O)NC(=O)Nc2c3c(cc4c2CCC4)CCC3)n1. The van der Waals surface area contributed by atoms with Gasteiger partial charge in [-0.15, -0.1) is 0 Å². The molecule has 1 aromatic carbocycles. The topological polar surface area (TPSA) is 130 Å². The molecule has 3 amide bonds. The maximum atomic E-state index is 12.6. The fourth-order valence-electron chi connectivity index (χ4n) is 3.99. The number of aromatic nitrogens is 2. The second-order valence-corrected chi connectivity index (χ2v) is 8.82. The smallest absolute Gasteiger partial charge is 0.307 e. The number of hydrogen-bond donors (Lipinski definition) is 3. The molecule has 3 N–H and O–H groups in total. The quantitative estimate of drug-likeness (QED) is 0.654. The van der Waals surface area contributed by atoms with Crippen molar-refractivity contribution in [2.24, 2.45) is 0 Å². The Bertz CT molecular complexity index is 1080. The lowest BCUT2D eigenvalue weighted by Crippen LogP contribution is -2.35. The summed E-state index contributed by atoms with van der Waals surface area (Å²) in [6.07, 6.45) is 6.95. The first-order valence-electron chi connectivity index (χ1n) is 9.44. The van der Waals surface area contributed by atoms with Gasteiger partial charge in [0.2, 0.25) is 11.9 Å². The van der Waals surface area contributed by atoms with Crippen LogP contribution in [0.25, 0.3) is 0 Å². The number of sulfonamides is 1. The molecule has 29 heavy (non-hydrogen) atoms. The molecule has 0 aliphatic heterocycles. The third-order valence-electron chi connectivity index (χ3n) is 5.13. The van der Waals surface area contributed by atoms with Gasteiger partial charge < -0.3 is 5.32 Å². The second kappa shape index (κ2) is 7.43. The molecule has 10 heteroatoms. The molecule has 0 radical (unpaired) electrons. The van der Waals surface area contributed by atoms with Crippen LogP contribution in [-0.2, 0) is 40.5 Å². The Morgan fingerprint density at radius 3 is 2.28 bits per heavy atom. The van der Waals surface area contributed by atoms with Crippen molar-refractivity contribution in [3.05, 3.63) is 40.6 Å². The Balaban J connectivity index is 1.56. The van der Waals surface area contributed by atoms with Crippen molar-refractivity contribution in [2.45, 2.75) is 50.5 Å². The zero-order valence-corrected chi connectivity index (χ0v) is 16.7. The van der Waals surface area contributed by atoms with Crippen molar-refractivity contribution >= 4 is 33.6 Å². The first-order chi connectivity index (χ1) is 13.8. The van der Waals surface area contributed by atoms with Gasteiger partial charge in [-0.3, -0.25) is 10.1 Å². The van der Waals surface area contributed by atoms with Gasteiger partial charge in [0.15, 0.2) is 5.03 Å². The van der Waals surface area contributed by atoms with E-state index in [0.717, 1.165) is 61.4 Å². The van der Waals surface area contributed by atoms with E-state index in [1.165, 1.54) is 24.2 Å². The Morgan fingerprint density at radius 2 is 1.66 bits per heavy atom. The molecular formula is C19H21N5O4S. The highest BCUT2D eigenvalue weighted by Crippen LogP contribution is 2.38. The summed E-state index contributed by atoms with van der Waals surface area (Å²) in [6, 6.07) is 2.55. The minimum absolute atomic E-state index is 0.153. The van der Waals surface area contributed by atoms with Gasteiger partial charge in [0.1, 0.15) is 0 Å².